The average molecular weight is 276 g/mol. The average Bonchev–Trinajstić information content (AvgIpc) is 2.30. The van der Waals surface area contributed by atoms with Crippen LogP contribution in [0, 0.1) is 10.1 Å². The highest BCUT2D eigenvalue weighted by Gasteiger charge is 2.13. The molecule has 0 saturated carbocycles. The summed E-state index contributed by atoms with van der Waals surface area (Å²) < 4.78 is 4.72. The number of nitrogens with one attached hydrogen (secondary N) is 1. The molecule has 7 nitrogen and oxygen atoms in total. The molecule has 0 aliphatic carbocycles. The van der Waals surface area contributed by atoms with Crippen LogP contribution in [0.2, 0.25) is 0 Å². The van der Waals surface area contributed by atoms with Crippen molar-refractivity contribution in [1.29, 1.82) is 0 Å². The Morgan fingerprint density at radius 1 is 1.61 bits per heavy atom. The number of halogens is 1. The van der Waals surface area contributed by atoms with E-state index in [2.05, 4.69) is 10.3 Å². The highest BCUT2D eigenvalue weighted by atomic mass is 35.5. The van der Waals surface area contributed by atoms with Crippen LogP contribution in [0.3, 0.4) is 0 Å². The van der Waals surface area contributed by atoms with E-state index in [0.717, 1.165) is 0 Å². The highest BCUT2D eigenvalue weighted by molar-refractivity contribution is 5.85. The van der Waals surface area contributed by atoms with Crippen LogP contribution in [0.25, 0.3) is 0 Å². The van der Waals surface area contributed by atoms with Crippen molar-refractivity contribution in [2.75, 3.05) is 18.5 Å². The molecule has 1 rings (SSSR count). The van der Waals surface area contributed by atoms with E-state index in [1.165, 1.54) is 18.3 Å². The molecule has 0 bridgehead atoms. The predicted octanol–water partition coefficient (Wildman–Crippen LogP) is 1.78. The molecule has 0 spiro atoms. The number of nitrogens with zero attached hydrogens (tertiary/aromatic N) is 2. The van der Waals surface area contributed by atoms with Gasteiger partial charge in [-0.2, -0.15) is 0 Å². The van der Waals surface area contributed by atoms with E-state index in [9.17, 15) is 14.9 Å². The number of ether oxygens (including phenoxy) is 1. The number of carbonyl (C=O) groups excluding carboxylic acids is 1. The summed E-state index contributed by atoms with van der Waals surface area (Å²) in [4.78, 5) is 25.0. The van der Waals surface area contributed by atoms with Crippen LogP contribution >= 0.6 is 12.4 Å². The van der Waals surface area contributed by atoms with Crippen molar-refractivity contribution in [2.24, 2.45) is 0 Å². The van der Waals surface area contributed by atoms with Crippen molar-refractivity contribution in [3.8, 4) is 0 Å². The number of anilines is 1. The number of carbonyl (C=O) groups is 1. The molecule has 100 valence electrons. The van der Waals surface area contributed by atoms with Gasteiger partial charge in [-0.05, 0) is 13.0 Å². The van der Waals surface area contributed by atoms with Crippen molar-refractivity contribution in [3.05, 3.63) is 28.4 Å². The molecule has 1 aromatic rings. The van der Waals surface area contributed by atoms with Crippen molar-refractivity contribution in [1.82, 2.24) is 4.98 Å². The predicted molar refractivity (Wildman–Crippen MR) is 67.9 cm³/mol. The van der Waals surface area contributed by atoms with Gasteiger partial charge >= 0.3 is 11.7 Å². The van der Waals surface area contributed by atoms with Gasteiger partial charge in [0.25, 0.3) is 0 Å². The third-order valence-electron chi connectivity index (χ3n) is 1.91. The van der Waals surface area contributed by atoms with Crippen LogP contribution < -0.4 is 5.32 Å². The topological polar surface area (TPSA) is 94.4 Å². The molecule has 1 N–H and O–H groups in total. The molecular formula is C10H14ClN3O4. The molecule has 0 saturated heterocycles. The largest absolute Gasteiger partial charge is 0.466 e. The van der Waals surface area contributed by atoms with E-state index >= 15 is 0 Å². The fraction of sp³-hybridized carbons (Fsp3) is 0.400. The first-order valence-corrected chi connectivity index (χ1v) is 5.14. The van der Waals surface area contributed by atoms with Crippen LogP contribution in [-0.2, 0) is 9.53 Å². The summed E-state index contributed by atoms with van der Waals surface area (Å²) in [5, 5.41) is 13.4. The van der Waals surface area contributed by atoms with Crippen molar-refractivity contribution in [2.45, 2.75) is 13.3 Å². The summed E-state index contributed by atoms with van der Waals surface area (Å²) in [5.41, 5.74) is -0.114. The molecule has 0 fully saturated rings. The van der Waals surface area contributed by atoms with Gasteiger partial charge in [-0.15, -0.1) is 12.4 Å². The smallest absolute Gasteiger partial charge is 0.311 e. The fourth-order valence-corrected chi connectivity index (χ4v) is 1.20. The Morgan fingerprint density at radius 2 is 2.33 bits per heavy atom. The van der Waals surface area contributed by atoms with E-state index in [-0.39, 0.29) is 42.8 Å². The summed E-state index contributed by atoms with van der Waals surface area (Å²) in [5.74, 6) is -0.194. The van der Waals surface area contributed by atoms with E-state index in [1.807, 2.05) is 0 Å². The lowest BCUT2D eigenvalue weighted by atomic mass is 10.3. The third kappa shape index (κ3) is 4.96. The molecule has 0 aromatic carbocycles. The van der Waals surface area contributed by atoms with Gasteiger partial charge in [0.05, 0.1) is 18.0 Å². The number of nitro groups is 1. The molecule has 1 aromatic heterocycles. The summed E-state index contributed by atoms with van der Waals surface area (Å²) in [6, 6.07) is 2.83. The minimum Gasteiger partial charge on any atom is -0.466 e. The number of aromatic nitrogens is 1. The standard InChI is InChI=1S/C10H13N3O4.ClH/c1-2-17-9(14)5-7-12-10-8(13(15)16)4-3-6-11-10;/h3-4,6H,2,5,7H2,1H3,(H,11,12);1H. The van der Waals surface area contributed by atoms with Crippen LogP contribution in [0.4, 0.5) is 11.5 Å². The number of rotatable bonds is 6. The van der Waals surface area contributed by atoms with Crippen LogP contribution in [0.5, 0.6) is 0 Å². The monoisotopic (exact) mass is 275 g/mol. The first-order valence-electron chi connectivity index (χ1n) is 5.14. The Kier molecular flexibility index (Phi) is 7.37. The Labute approximate surface area is 110 Å². The van der Waals surface area contributed by atoms with E-state index < -0.39 is 4.92 Å². The minimum atomic E-state index is -0.528. The van der Waals surface area contributed by atoms with Crippen molar-refractivity contribution < 1.29 is 14.5 Å². The molecular weight excluding hydrogens is 262 g/mol. The Hall–Kier alpha value is -1.89. The Balaban J connectivity index is 0.00000289. The lowest BCUT2D eigenvalue weighted by Gasteiger charge is -2.05. The fourth-order valence-electron chi connectivity index (χ4n) is 1.20. The second-order valence-electron chi connectivity index (χ2n) is 3.11. The summed E-state index contributed by atoms with van der Waals surface area (Å²) in [7, 11) is 0. The summed E-state index contributed by atoms with van der Waals surface area (Å²) in [6.45, 7) is 2.29. The summed E-state index contributed by atoms with van der Waals surface area (Å²) >= 11 is 0. The molecule has 0 radical (unpaired) electrons. The first-order chi connectivity index (χ1) is 8.15. The molecule has 0 unspecified atom stereocenters. The molecule has 0 aliphatic rings. The van der Waals surface area contributed by atoms with Gasteiger partial charge in [0.15, 0.2) is 0 Å². The maximum atomic E-state index is 11.0. The van der Waals surface area contributed by atoms with Crippen molar-refractivity contribution >= 4 is 29.9 Å². The summed E-state index contributed by atoms with van der Waals surface area (Å²) in [6.07, 6.45) is 1.58. The zero-order valence-corrected chi connectivity index (χ0v) is 10.6. The van der Waals surface area contributed by atoms with E-state index in [0.29, 0.717) is 6.61 Å². The lowest BCUT2D eigenvalue weighted by molar-refractivity contribution is -0.384. The van der Waals surface area contributed by atoms with E-state index in [1.54, 1.807) is 6.92 Å². The van der Waals surface area contributed by atoms with Gasteiger partial charge in [0, 0.05) is 18.8 Å². The first kappa shape index (κ1) is 16.1. The van der Waals surface area contributed by atoms with Gasteiger partial charge in [0.1, 0.15) is 0 Å². The van der Waals surface area contributed by atoms with Gasteiger partial charge in [-0.1, -0.05) is 0 Å². The van der Waals surface area contributed by atoms with Gasteiger partial charge in [-0.25, -0.2) is 4.98 Å². The zero-order valence-electron chi connectivity index (χ0n) is 9.79. The van der Waals surface area contributed by atoms with Gasteiger partial charge < -0.3 is 10.1 Å². The highest BCUT2D eigenvalue weighted by Crippen LogP contribution is 2.19. The minimum absolute atomic E-state index is 0. The number of esters is 1. The van der Waals surface area contributed by atoms with Crippen LogP contribution in [0.15, 0.2) is 18.3 Å². The Morgan fingerprint density at radius 3 is 2.94 bits per heavy atom. The number of hydrogen-bond donors (Lipinski definition) is 1. The SMILES string of the molecule is CCOC(=O)CCNc1ncccc1[N+](=O)[O-].Cl. The quantitative estimate of drug-likeness (QED) is 0.483. The normalized spacial score (nSPS) is 9.17. The lowest BCUT2D eigenvalue weighted by Crippen LogP contribution is -2.12. The second-order valence-corrected chi connectivity index (χ2v) is 3.11. The zero-order chi connectivity index (χ0) is 12.7. The second kappa shape index (κ2) is 8.24. The third-order valence-corrected chi connectivity index (χ3v) is 1.91. The van der Waals surface area contributed by atoms with Crippen LogP contribution in [-0.4, -0.2) is 29.0 Å². The van der Waals surface area contributed by atoms with Crippen LogP contribution in [0.1, 0.15) is 13.3 Å². The maximum absolute atomic E-state index is 11.0. The number of pyridine rings is 1. The van der Waals surface area contributed by atoms with E-state index in [4.69, 9.17) is 4.74 Å². The Bertz CT molecular complexity index is 414. The molecule has 0 amide bonds. The van der Waals surface area contributed by atoms with Crippen molar-refractivity contribution in [3.63, 3.8) is 0 Å². The molecule has 0 aliphatic heterocycles. The van der Waals surface area contributed by atoms with Gasteiger partial charge in [0.2, 0.25) is 5.82 Å². The molecule has 18 heavy (non-hydrogen) atoms. The maximum Gasteiger partial charge on any atom is 0.311 e. The molecule has 8 heteroatoms. The molecule has 0 atom stereocenters. The molecule has 1 heterocycles. The number of hydrogen-bond acceptors (Lipinski definition) is 6. The van der Waals surface area contributed by atoms with Gasteiger partial charge in [-0.3, -0.25) is 14.9 Å².